The smallest absolute Gasteiger partial charge is 0.315 e. The second-order valence-electron chi connectivity index (χ2n) is 9.03. The molecule has 0 aliphatic heterocycles. The fourth-order valence-corrected chi connectivity index (χ4v) is 5.76. The summed E-state index contributed by atoms with van der Waals surface area (Å²) in [7, 11) is 1.49. The van der Waals surface area contributed by atoms with Gasteiger partial charge in [0.25, 0.3) is 0 Å². The van der Waals surface area contributed by atoms with Crippen molar-refractivity contribution in [3.63, 3.8) is 0 Å². The molecule has 0 radical (unpaired) electrons. The predicted octanol–water partition coefficient (Wildman–Crippen LogP) is 4.55. The van der Waals surface area contributed by atoms with E-state index in [0.717, 1.165) is 51.4 Å². The van der Waals surface area contributed by atoms with Gasteiger partial charge in [0.2, 0.25) is 0 Å². The van der Waals surface area contributed by atoms with E-state index in [2.05, 4.69) is 20.4 Å². The molecule has 3 nitrogen and oxygen atoms in total. The Morgan fingerprint density at radius 3 is 2.46 bits per heavy atom. The third kappa shape index (κ3) is 2.23. The van der Waals surface area contributed by atoms with Gasteiger partial charge in [0.1, 0.15) is 0 Å². The first kappa shape index (κ1) is 17.7. The lowest BCUT2D eigenvalue weighted by Crippen LogP contribution is -2.57. The van der Waals surface area contributed by atoms with E-state index < -0.39 is 11.0 Å². The Kier molecular flexibility index (Phi) is 4.03. The molecule has 0 bridgehead atoms. The summed E-state index contributed by atoms with van der Waals surface area (Å²) in [5.41, 5.74) is 1.19. The Bertz CT molecular complexity index is 606. The molecule has 134 valence electrons. The van der Waals surface area contributed by atoms with Crippen molar-refractivity contribution in [1.82, 2.24) is 0 Å². The highest BCUT2D eigenvalue weighted by molar-refractivity contribution is 5.81. The minimum atomic E-state index is -0.693. The summed E-state index contributed by atoms with van der Waals surface area (Å²) in [5.74, 6) is -0.115. The molecule has 3 rings (SSSR count). The Labute approximate surface area is 146 Å². The standard InChI is InChI=1S/C21H32O3/c1-6-18(2)12-13-20(4)16-8-7-10-19(3,17(22)24-5)15(16)9-11-21(20,23)14-18/h6,23H,1,7-14H2,2-5H3/t18-,19+,20-,21-/m0/s1. The van der Waals surface area contributed by atoms with Crippen LogP contribution in [0.2, 0.25) is 0 Å². The van der Waals surface area contributed by atoms with Gasteiger partial charge in [-0.3, -0.25) is 4.79 Å². The highest BCUT2D eigenvalue weighted by atomic mass is 16.5. The van der Waals surface area contributed by atoms with Crippen molar-refractivity contribution in [3.8, 4) is 0 Å². The van der Waals surface area contributed by atoms with Crippen molar-refractivity contribution >= 4 is 5.97 Å². The number of carbonyl (C=O) groups excluding carboxylic acids is 1. The molecule has 4 atom stereocenters. The first-order chi connectivity index (χ1) is 11.1. The van der Waals surface area contributed by atoms with Crippen LogP contribution in [0, 0.1) is 16.2 Å². The summed E-state index contributed by atoms with van der Waals surface area (Å²) in [5, 5.41) is 11.6. The minimum absolute atomic E-state index is 0.00659. The van der Waals surface area contributed by atoms with Crippen molar-refractivity contribution in [3.05, 3.63) is 23.8 Å². The largest absolute Gasteiger partial charge is 0.468 e. The highest BCUT2D eigenvalue weighted by Crippen LogP contribution is 2.64. The molecule has 3 heteroatoms. The Morgan fingerprint density at radius 2 is 1.83 bits per heavy atom. The van der Waals surface area contributed by atoms with E-state index in [-0.39, 0.29) is 16.8 Å². The summed E-state index contributed by atoms with van der Waals surface area (Å²) in [6.45, 7) is 10.5. The summed E-state index contributed by atoms with van der Waals surface area (Å²) in [4.78, 5) is 12.5. The Hall–Kier alpha value is -1.09. The molecule has 0 spiro atoms. The zero-order valence-electron chi connectivity index (χ0n) is 15.7. The average Bonchev–Trinajstić information content (AvgIpc) is 2.56. The van der Waals surface area contributed by atoms with Crippen LogP contribution in [-0.4, -0.2) is 23.8 Å². The van der Waals surface area contributed by atoms with E-state index >= 15 is 0 Å². The van der Waals surface area contributed by atoms with Crippen molar-refractivity contribution < 1.29 is 14.6 Å². The molecule has 3 aliphatic carbocycles. The summed E-state index contributed by atoms with van der Waals surface area (Å²) >= 11 is 0. The van der Waals surface area contributed by atoms with Crippen molar-refractivity contribution in [2.45, 2.75) is 77.7 Å². The quantitative estimate of drug-likeness (QED) is 0.596. The molecule has 1 fully saturated rings. The van der Waals surface area contributed by atoms with Crippen LogP contribution >= 0.6 is 0 Å². The maximum absolute atomic E-state index is 12.5. The number of hydrogen-bond donors (Lipinski definition) is 1. The maximum atomic E-state index is 12.5. The second-order valence-corrected chi connectivity index (χ2v) is 9.03. The van der Waals surface area contributed by atoms with Crippen LogP contribution in [0.4, 0.5) is 0 Å². The van der Waals surface area contributed by atoms with Crippen molar-refractivity contribution in [1.29, 1.82) is 0 Å². The van der Waals surface area contributed by atoms with Crippen LogP contribution in [0.3, 0.4) is 0 Å². The number of ether oxygens (including phenoxy) is 1. The van der Waals surface area contributed by atoms with Gasteiger partial charge in [-0.05, 0) is 63.7 Å². The summed E-state index contributed by atoms with van der Waals surface area (Å²) < 4.78 is 5.14. The SMILES string of the molecule is C=C[C@@]1(C)CC[C@@]2(C)C3=C(CC[C@]2(O)C1)[C@](C)(C(=O)OC)CCC3. The number of methoxy groups -OCH3 is 1. The molecule has 1 N–H and O–H groups in total. The van der Waals surface area contributed by atoms with Gasteiger partial charge in [0.05, 0.1) is 18.1 Å². The molecule has 0 heterocycles. The van der Waals surface area contributed by atoms with Gasteiger partial charge in [-0.25, -0.2) is 0 Å². The van der Waals surface area contributed by atoms with Crippen molar-refractivity contribution in [2.75, 3.05) is 7.11 Å². The molecule has 0 aromatic carbocycles. The molecule has 0 unspecified atom stereocenters. The van der Waals surface area contributed by atoms with Gasteiger partial charge in [0, 0.05) is 5.41 Å². The van der Waals surface area contributed by atoms with Crippen molar-refractivity contribution in [2.24, 2.45) is 16.2 Å². The normalized spacial score (nSPS) is 45.2. The van der Waals surface area contributed by atoms with Gasteiger partial charge in [-0.15, -0.1) is 6.58 Å². The van der Waals surface area contributed by atoms with E-state index in [1.54, 1.807) is 0 Å². The van der Waals surface area contributed by atoms with Gasteiger partial charge in [-0.2, -0.15) is 0 Å². The first-order valence-electron chi connectivity index (χ1n) is 9.32. The fraction of sp³-hybridized carbons (Fsp3) is 0.762. The topological polar surface area (TPSA) is 46.5 Å². The van der Waals surface area contributed by atoms with Gasteiger partial charge < -0.3 is 9.84 Å². The van der Waals surface area contributed by atoms with Crippen LogP contribution in [0.25, 0.3) is 0 Å². The number of allylic oxidation sites excluding steroid dienone is 1. The van der Waals surface area contributed by atoms with Gasteiger partial charge >= 0.3 is 5.97 Å². The minimum Gasteiger partial charge on any atom is -0.468 e. The molecular weight excluding hydrogens is 300 g/mol. The third-order valence-electron chi connectivity index (χ3n) is 7.64. The van der Waals surface area contributed by atoms with Crippen LogP contribution in [0.5, 0.6) is 0 Å². The molecule has 0 amide bonds. The molecule has 1 saturated carbocycles. The van der Waals surface area contributed by atoms with Crippen LogP contribution in [0.1, 0.15) is 72.1 Å². The Morgan fingerprint density at radius 1 is 1.12 bits per heavy atom. The molecule has 0 aromatic rings. The van der Waals surface area contributed by atoms with Crippen LogP contribution < -0.4 is 0 Å². The molecule has 24 heavy (non-hydrogen) atoms. The lowest BCUT2D eigenvalue weighted by atomic mass is 9.47. The third-order valence-corrected chi connectivity index (χ3v) is 7.64. The molecule has 3 aliphatic rings. The zero-order chi connectivity index (χ0) is 17.8. The number of esters is 1. The monoisotopic (exact) mass is 332 g/mol. The van der Waals surface area contributed by atoms with E-state index in [1.165, 1.54) is 18.3 Å². The van der Waals surface area contributed by atoms with Crippen LogP contribution in [0.15, 0.2) is 23.8 Å². The number of aliphatic hydroxyl groups is 1. The second kappa shape index (κ2) is 5.45. The fourth-order valence-electron chi connectivity index (χ4n) is 5.76. The van der Waals surface area contributed by atoms with E-state index in [1.807, 2.05) is 13.0 Å². The zero-order valence-corrected chi connectivity index (χ0v) is 15.7. The lowest BCUT2D eigenvalue weighted by Gasteiger charge is -2.60. The Balaban J connectivity index is 2.08. The maximum Gasteiger partial charge on any atom is 0.315 e. The van der Waals surface area contributed by atoms with E-state index in [0.29, 0.717) is 0 Å². The molecule has 0 aromatic heterocycles. The average molecular weight is 332 g/mol. The lowest BCUT2D eigenvalue weighted by molar-refractivity contribution is -0.153. The number of fused-ring (bicyclic) bond motifs is 2. The molecule has 0 saturated heterocycles. The van der Waals surface area contributed by atoms with E-state index in [4.69, 9.17) is 4.74 Å². The predicted molar refractivity (Wildman–Crippen MR) is 95.4 cm³/mol. The van der Waals surface area contributed by atoms with Crippen LogP contribution in [-0.2, 0) is 9.53 Å². The number of rotatable bonds is 2. The summed E-state index contributed by atoms with van der Waals surface area (Å²) in [6.07, 6.45) is 9.19. The van der Waals surface area contributed by atoms with Gasteiger partial charge in [-0.1, -0.05) is 31.1 Å². The number of carbonyl (C=O) groups is 1. The molecular formula is C21H32O3. The highest BCUT2D eigenvalue weighted by Gasteiger charge is 2.59. The number of hydrogen-bond acceptors (Lipinski definition) is 3. The van der Waals surface area contributed by atoms with E-state index in [9.17, 15) is 9.90 Å². The first-order valence-corrected chi connectivity index (χ1v) is 9.32. The summed E-state index contributed by atoms with van der Waals surface area (Å²) in [6, 6.07) is 0. The van der Waals surface area contributed by atoms with Gasteiger partial charge in [0.15, 0.2) is 0 Å².